The molecule has 0 amide bonds. The van der Waals surface area contributed by atoms with Crippen LogP contribution in [0.3, 0.4) is 0 Å². The third-order valence-electron chi connectivity index (χ3n) is 10.8. The molecule has 0 saturated heterocycles. The van der Waals surface area contributed by atoms with Crippen molar-refractivity contribution in [3.05, 3.63) is 23.3 Å². The van der Waals surface area contributed by atoms with Crippen molar-refractivity contribution in [1.29, 1.82) is 0 Å². The van der Waals surface area contributed by atoms with Crippen LogP contribution in [-0.2, 0) is 23.9 Å². The molecule has 198 valence electrons. The van der Waals surface area contributed by atoms with E-state index in [4.69, 9.17) is 4.74 Å². The van der Waals surface area contributed by atoms with E-state index in [0.717, 1.165) is 42.4 Å². The van der Waals surface area contributed by atoms with Crippen molar-refractivity contribution in [2.75, 3.05) is 6.61 Å². The topological polar surface area (TPSA) is 77.5 Å². The summed E-state index contributed by atoms with van der Waals surface area (Å²) in [5.41, 5.74) is 1.92. The number of ketones is 3. The van der Waals surface area contributed by atoms with E-state index in [1.165, 1.54) is 0 Å². The quantitative estimate of drug-likeness (QED) is 0.316. The Morgan fingerprint density at radius 1 is 1.14 bits per heavy atom. The molecule has 0 aromatic carbocycles. The molecule has 5 heteroatoms. The van der Waals surface area contributed by atoms with Gasteiger partial charge in [-0.3, -0.25) is 19.2 Å². The number of fused-ring (bicyclic) bond motifs is 4. The molecular formula is C31H44O5. The summed E-state index contributed by atoms with van der Waals surface area (Å²) < 4.78 is 5.16. The molecule has 4 rings (SSSR count). The molecule has 0 unspecified atom stereocenters. The summed E-state index contributed by atoms with van der Waals surface area (Å²) in [6, 6.07) is 0. The zero-order valence-electron chi connectivity index (χ0n) is 23.1. The van der Waals surface area contributed by atoms with Gasteiger partial charge in [0.15, 0.2) is 11.6 Å². The van der Waals surface area contributed by atoms with E-state index in [0.29, 0.717) is 44.1 Å². The third kappa shape index (κ3) is 4.15. The number of allylic oxidation sites excluding steroid dienone is 2. The van der Waals surface area contributed by atoms with Gasteiger partial charge in [-0.1, -0.05) is 39.8 Å². The minimum atomic E-state index is -0.361. The predicted molar refractivity (Wildman–Crippen MR) is 139 cm³/mol. The highest BCUT2D eigenvalue weighted by atomic mass is 16.5. The lowest BCUT2D eigenvalue weighted by Gasteiger charge is -2.53. The minimum Gasteiger partial charge on any atom is -0.466 e. The Balaban J connectivity index is 1.56. The summed E-state index contributed by atoms with van der Waals surface area (Å²) in [6.45, 7) is 16.8. The molecule has 0 aromatic heterocycles. The summed E-state index contributed by atoms with van der Waals surface area (Å²) in [4.78, 5) is 52.1. The summed E-state index contributed by atoms with van der Waals surface area (Å²) in [5, 5.41) is 0. The number of rotatable bonds is 7. The van der Waals surface area contributed by atoms with Gasteiger partial charge in [-0.25, -0.2) is 0 Å². The van der Waals surface area contributed by atoms with Gasteiger partial charge in [-0.15, -0.1) is 0 Å². The van der Waals surface area contributed by atoms with Crippen molar-refractivity contribution >= 4 is 23.3 Å². The maximum Gasteiger partial charge on any atom is 0.312 e. The average Bonchev–Trinajstić information content (AvgIpc) is 3.17. The zero-order valence-corrected chi connectivity index (χ0v) is 23.1. The van der Waals surface area contributed by atoms with E-state index in [-0.39, 0.29) is 57.8 Å². The smallest absolute Gasteiger partial charge is 0.312 e. The maximum absolute atomic E-state index is 13.9. The molecule has 5 nitrogen and oxygen atoms in total. The number of carbonyl (C=O) groups excluding carboxylic acids is 4. The second-order valence-electron chi connectivity index (χ2n) is 12.7. The van der Waals surface area contributed by atoms with Crippen molar-refractivity contribution in [2.45, 2.75) is 92.9 Å². The van der Waals surface area contributed by atoms with E-state index in [2.05, 4.69) is 27.4 Å². The average molecular weight is 497 g/mol. The Hall–Kier alpha value is -2.04. The monoisotopic (exact) mass is 496 g/mol. The standard InChI is InChI=1S/C31H44O5/c1-8-36-29(35)19(4)17(2)9-10-18(3)21-11-12-22-27-25(33)15-23-20(5)24(32)13-14-30(23,6)28(27)26(34)16-31(21,22)7/h18-23H,2,8-16H2,1,3-7H3/t18-,19+,20+,21-,22+,23+,30+,31-/m1/s1. The van der Waals surface area contributed by atoms with Gasteiger partial charge in [0, 0.05) is 41.7 Å². The van der Waals surface area contributed by atoms with Crippen molar-refractivity contribution < 1.29 is 23.9 Å². The summed E-state index contributed by atoms with van der Waals surface area (Å²) in [6.07, 6.45) is 5.68. The molecule has 0 N–H and O–H groups in total. The Bertz CT molecular complexity index is 1020. The normalized spacial score (nSPS) is 37.7. The lowest BCUT2D eigenvalue weighted by atomic mass is 9.48. The lowest BCUT2D eigenvalue weighted by Crippen LogP contribution is -2.53. The lowest BCUT2D eigenvalue weighted by molar-refractivity contribution is -0.146. The fourth-order valence-corrected chi connectivity index (χ4v) is 8.50. The van der Waals surface area contributed by atoms with Gasteiger partial charge in [0.25, 0.3) is 0 Å². The maximum atomic E-state index is 13.9. The van der Waals surface area contributed by atoms with E-state index >= 15 is 0 Å². The van der Waals surface area contributed by atoms with E-state index in [9.17, 15) is 19.2 Å². The summed E-state index contributed by atoms with van der Waals surface area (Å²) >= 11 is 0. The van der Waals surface area contributed by atoms with Crippen molar-refractivity contribution in [1.82, 2.24) is 0 Å². The second-order valence-corrected chi connectivity index (χ2v) is 12.7. The molecule has 36 heavy (non-hydrogen) atoms. The fraction of sp³-hybridized carbons (Fsp3) is 0.742. The molecule has 0 aromatic rings. The molecule has 0 radical (unpaired) electrons. The van der Waals surface area contributed by atoms with Crippen LogP contribution in [-0.4, -0.2) is 29.9 Å². The van der Waals surface area contributed by atoms with Crippen LogP contribution in [0.5, 0.6) is 0 Å². The van der Waals surface area contributed by atoms with Crippen LogP contribution in [0.4, 0.5) is 0 Å². The first-order valence-corrected chi connectivity index (χ1v) is 14.0. The Kier molecular flexibility index (Phi) is 7.27. The number of hydrogen-bond acceptors (Lipinski definition) is 5. The number of hydrogen-bond donors (Lipinski definition) is 0. The van der Waals surface area contributed by atoms with Crippen LogP contribution in [0, 0.1) is 46.3 Å². The van der Waals surface area contributed by atoms with Gasteiger partial charge < -0.3 is 4.74 Å². The molecule has 0 heterocycles. The van der Waals surface area contributed by atoms with Gasteiger partial charge in [0.2, 0.25) is 0 Å². The number of carbonyl (C=O) groups is 4. The van der Waals surface area contributed by atoms with E-state index in [1.807, 2.05) is 20.8 Å². The van der Waals surface area contributed by atoms with Gasteiger partial charge in [0.05, 0.1) is 12.5 Å². The molecule has 0 bridgehead atoms. The highest BCUT2D eigenvalue weighted by Crippen LogP contribution is 2.64. The highest BCUT2D eigenvalue weighted by molar-refractivity contribution is 6.11. The van der Waals surface area contributed by atoms with Crippen molar-refractivity contribution in [3.63, 3.8) is 0 Å². The van der Waals surface area contributed by atoms with E-state index in [1.54, 1.807) is 0 Å². The van der Waals surface area contributed by atoms with Crippen molar-refractivity contribution in [3.8, 4) is 0 Å². The molecular weight excluding hydrogens is 452 g/mol. The van der Waals surface area contributed by atoms with Crippen LogP contribution < -0.4 is 0 Å². The summed E-state index contributed by atoms with van der Waals surface area (Å²) in [7, 11) is 0. The molecule has 4 aliphatic carbocycles. The van der Waals surface area contributed by atoms with E-state index < -0.39 is 0 Å². The van der Waals surface area contributed by atoms with Crippen LogP contribution >= 0.6 is 0 Å². The first kappa shape index (κ1) is 27.0. The molecule has 0 spiro atoms. The predicted octanol–water partition coefficient (Wildman–Crippen LogP) is 6.05. The zero-order chi connectivity index (χ0) is 26.6. The van der Waals surface area contributed by atoms with Gasteiger partial charge >= 0.3 is 5.97 Å². The number of esters is 1. The highest BCUT2D eigenvalue weighted by Gasteiger charge is 2.61. The third-order valence-corrected chi connectivity index (χ3v) is 10.8. The van der Waals surface area contributed by atoms with Gasteiger partial charge in [-0.05, 0) is 75.0 Å². The van der Waals surface area contributed by atoms with Crippen molar-refractivity contribution in [2.24, 2.45) is 46.3 Å². The van der Waals surface area contributed by atoms with Crippen LogP contribution in [0.25, 0.3) is 0 Å². The first-order valence-electron chi connectivity index (χ1n) is 14.0. The molecule has 2 saturated carbocycles. The number of Topliss-reactive ketones (excluding diaryl/α,β-unsaturated/α-hetero) is 3. The number of ether oxygens (including phenoxy) is 1. The minimum absolute atomic E-state index is 0.0539. The molecule has 4 aliphatic rings. The van der Waals surface area contributed by atoms with Crippen LogP contribution in [0.2, 0.25) is 0 Å². The Labute approximate surface area is 216 Å². The largest absolute Gasteiger partial charge is 0.466 e. The Morgan fingerprint density at radius 3 is 2.50 bits per heavy atom. The molecule has 2 fully saturated rings. The van der Waals surface area contributed by atoms with Crippen LogP contribution in [0.1, 0.15) is 92.9 Å². The van der Waals surface area contributed by atoms with Crippen LogP contribution in [0.15, 0.2) is 23.3 Å². The molecule has 0 aliphatic heterocycles. The first-order chi connectivity index (χ1) is 16.9. The molecule has 8 atom stereocenters. The fourth-order valence-electron chi connectivity index (χ4n) is 8.50. The SMILES string of the molecule is C=C(CC[C@@H](C)[C@H]1CC[C@H]2C3=C(C(=O)C[C@]12C)[C@@]1(C)CCC(=O)[C@@H](C)[C@@H]1CC3=O)[C@H](C)C(=O)OCC. The van der Waals surface area contributed by atoms with Gasteiger partial charge in [0.1, 0.15) is 5.78 Å². The summed E-state index contributed by atoms with van der Waals surface area (Å²) in [5.74, 6) is 0.563. The second kappa shape index (κ2) is 9.68. The van der Waals surface area contributed by atoms with Gasteiger partial charge in [-0.2, -0.15) is 0 Å². The Morgan fingerprint density at radius 2 is 1.83 bits per heavy atom.